The normalized spacial score (nSPS) is 31.8. The summed E-state index contributed by atoms with van der Waals surface area (Å²) in [6.45, 7) is 4.63. The van der Waals surface area contributed by atoms with Crippen LogP contribution in [0.2, 0.25) is 0 Å². The van der Waals surface area contributed by atoms with Gasteiger partial charge in [0.15, 0.2) is 0 Å². The molecule has 0 heteroatoms. The van der Waals surface area contributed by atoms with Gasteiger partial charge in [-0.25, -0.2) is 0 Å². The van der Waals surface area contributed by atoms with E-state index in [0.29, 0.717) is 5.92 Å². The first-order valence-corrected chi connectivity index (χ1v) is 5.32. The predicted octanol–water partition coefficient (Wildman–Crippen LogP) is 3.72. The lowest BCUT2D eigenvalue weighted by atomic mass is 9.76. The Morgan fingerprint density at radius 2 is 2.15 bits per heavy atom. The van der Waals surface area contributed by atoms with Gasteiger partial charge in [0, 0.05) is 5.92 Å². The molecule has 0 bridgehead atoms. The minimum absolute atomic E-state index is 0.714. The second-order valence-corrected chi connectivity index (χ2v) is 4.48. The molecule has 0 radical (unpaired) electrons. The highest BCUT2D eigenvalue weighted by Crippen LogP contribution is 2.34. The molecule has 2 unspecified atom stereocenters. The lowest BCUT2D eigenvalue weighted by molar-refractivity contribution is 0.395. The molecular formula is C13H18. The molecule has 0 aromatic carbocycles. The third kappa shape index (κ3) is 1.77. The lowest BCUT2D eigenvalue weighted by Crippen LogP contribution is -2.17. The Morgan fingerprint density at radius 3 is 2.92 bits per heavy atom. The molecule has 0 nitrogen and oxygen atoms in total. The summed E-state index contributed by atoms with van der Waals surface area (Å²) in [4.78, 5) is 0. The van der Waals surface area contributed by atoms with E-state index in [0.717, 1.165) is 18.3 Å². The van der Waals surface area contributed by atoms with Crippen LogP contribution in [0.4, 0.5) is 0 Å². The summed E-state index contributed by atoms with van der Waals surface area (Å²) >= 11 is 0. The van der Waals surface area contributed by atoms with Gasteiger partial charge in [0.25, 0.3) is 0 Å². The van der Waals surface area contributed by atoms with Gasteiger partial charge in [-0.15, -0.1) is 0 Å². The average Bonchev–Trinajstić information content (AvgIpc) is 2.17. The molecule has 2 rings (SSSR count). The Balaban J connectivity index is 2.16. The van der Waals surface area contributed by atoms with Crippen molar-refractivity contribution in [3.8, 4) is 0 Å². The zero-order valence-corrected chi connectivity index (χ0v) is 8.53. The summed E-state index contributed by atoms with van der Waals surface area (Å²) in [7, 11) is 0. The van der Waals surface area contributed by atoms with Crippen LogP contribution in [0.5, 0.6) is 0 Å². The van der Waals surface area contributed by atoms with Crippen molar-refractivity contribution in [1.82, 2.24) is 0 Å². The van der Waals surface area contributed by atoms with E-state index in [9.17, 15) is 0 Å². The van der Waals surface area contributed by atoms with Crippen LogP contribution in [0, 0.1) is 17.8 Å². The van der Waals surface area contributed by atoms with Crippen LogP contribution in [0.1, 0.15) is 26.7 Å². The van der Waals surface area contributed by atoms with Gasteiger partial charge in [0.1, 0.15) is 0 Å². The summed E-state index contributed by atoms with van der Waals surface area (Å²) in [6, 6.07) is 0. The highest BCUT2D eigenvalue weighted by Gasteiger charge is 2.22. The molecule has 70 valence electrons. The smallest absolute Gasteiger partial charge is 0.00206 e. The summed E-state index contributed by atoms with van der Waals surface area (Å²) in [5, 5.41) is 0. The SMILES string of the molecule is CC(C)C1C=CC2=CCC=CC2C1. The van der Waals surface area contributed by atoms with Crippen molar-refractivity contribution in [3.05, 3.63) is 36.0 Å². The van der Waals surface area contributed by atoms with Crippen molar-refractivity contribution >= 4 is 0 Å². The van der Waals surface area contributed by atoms with E-state index in [1.54, 1.807) is 5.57 Å². The molecule has 0 N–H and O–H groups in total. The lowest BCUT2D eigenvalue weighted by Gasteiger charge is -2.28. The predicted molar refractivity (Wildman–Crippen MR) is 57.4 cm³/mol. The van der Waals surface area contributed by atoms with Gasteiger partial charge in [-0.05, 0) is 30.3 Å². The Labute approximate surface area is 81.0 Å². The molecule has 0 aromatic rings. The van der Waals surface area contributed by atoms with Gasteiger partial charge in [0.05, 0.1) is 0 Å². The van der Waals surface area contributed by atoms with Crippen molar-refractivity contribution in [3.63, 3.8) is 0 Å². The van der Waals surface area contributed by atoms with E-state index >= 15 is 0 Å². The Kier molecular flexibility index (Phi) is 2.39. The first-order chi connectivity index (χ1) is 6.27. The van der Waals surface area contributed by atoms with Crippen molar-refractivity contribution in [2.45, 2.75) is 26.7 Å². The molecule has 2 atom stereocenters. The quantitative estimate of drug-likeness (QED) is 0.531. The monoisotopic (exact) mass is 174 g/mol. The molecule has 0 aromatic heterocycles. The van der Waals surface area contributed by atoms with Crippen LogP contribution < -0.4 is 0 Å². The van der Waals surface area contributed by atoms with Crippen LogP contribution in [0.25, 0.3) is 0 Å². The highest BCUT2D eigenvalue weighted by molar-refractivity contribution is 5.32. The zero-order chi connectivity index (χ0) is 9.26. The van der Waals surface area contributed by atoms with Crippen LogP contribution in [0.3, 0.4) is 0 Å². The molecule has 2 aliphatic rings. The van der Waals surface area contributed by atoms with Crippen LogP contribution in [0.15, 0.2) is 36.0 Å². The molecular weight excluding hydrogens is 156 g/mol. The third-order valence-corrected chi connectivity index (χ3v) is 3.20. The van der Waals surface area contributed by atoms with E-state index in [2.05, 4.69) is 44.2 Å². The molecule has 0 saturated carbocycles. The van der Waals surface area contributed by atoms with Crippen molar-refractivity contribution < 1.29 is 0 Å². The fourth-order valence-corrected chi connectivity index (χ4v) is 2.22. The number of fused-ring (bicyclic) bond motifs is 1. The third-order valence-electron chi connectivity index (χ3n) is 3.20. The molecule has 13 heavy (non-hydrogen) atoms. The zero-order valence-electron chi connectivity index (χ0n) is 8.53. The van der Waals surface area contributed by atoms with Crippen molar-refractivity contribution in [1.29, 1.82) is 0 Å². The minimum atomic E-state index is 0.714. The fourth-order valence-electron chi connectivity index (χ4n) is 2.22. The molecule has 0 amide bonds. The van der Waals surface area contributed by atoms with E-state index < -0.39 is 0 Å². The van der Waals surface area contributed by atoms with E-state index in [1.165, 1.54) is 6.42 Å². The molecule has 0 spiro atoms. The van der Waals surface area contributed by atoms with Crippen LogP contribution in [-0.2, 0) is 0 Å². The maximum Gasteiger partial charge on any atom is 0.00206 e. The molecule has 0 fully saturated rings. The van der Waals surface area contributed by atoms with E-state index in [1.807, 2.05) is 0 Å². The van der Waals surface area contributed by atoms with Crippen LogP contribution in [-0.4, -0.2) is 0 Å². The maximum absolute atomic E-state index is 2.40. The van der Waals surface area contributed by atoms with Crippen molar-refractivity contribution in [2.75, 3.05) is 0 Å². The number of hydrogen-bond donors (Lipinski definition) is 0. The minimum Gasteiger partial charge on any atom is -0.0841 e. The summed E-state index contributed by atoms with van der Waals surface area (Å²) in [5.41, 5.74) is 1.54. The van der Waals surface area contributed by atoms with Gasteiger partial charge in [-0.3, -0.25) is 0 Å². The van der Waals surface area contributed by atoms with Gasteiger partial charge < -0.3 is 0 Å². The number of rotatable bonds is 1. The molecule has 0 heterocycles. The van der Waals surface area contributed by atoms with E-state index in [-0.39, 0.29) is 0 Å². The number of hydrogen-bond acceptors (Lipinski definition) is 0. The Hall–Kier alpha value is -0.780. The Morgan fingerprint density at radius 1 is 1.31 bits per heavy atom. The standard InChI is InChI=1S/C13H18/c1-10(2)12-8-7-11-5-3-4-6-13(11)9-12/h4-8,10,12-13H,3,9H2,1-2H3. The average molecular weight is 174 g/mol. The fraction of sp³-hybridized carbons (Fsp3) is 0.538. The van der Waals surface area contributed by atoms with Gasteiger partial charge in [-0.2, -0.15) is 0 Å². The highest BCUT2D eigenvalue weighted by atomic mass is 14.3. The summed E-state index contributed by atoms with van der Waals surface area (Å²) in [6.07, 6.45) is 14.2. The molecule has 0 saturated heterocycles. The number of allylic oxidation sites excluding steroid dienone is 6. The summed E-state index contributed by atoms with van der Waals surface area (Å²) < 4.78 is 0. The first kappa shape index (κ1) is 8.80. The van der Waals surface area contributed by atoms with Crippen LogP contribution >= 0.6 is 0 Å². The van der Waals surface area contributed by atoms with Crippen molar-refractivity contribution in [2.24, 2.45) is 17.8 Å². The maximum atomic E-state index is 2.40. The van der Waals surface area contributed by atoms with Gasteiger partial charge in [-0.1, -0.05) is 44.2 Å². The molecule has 2 aliphatic carbocycles. The second-order valence-electron chi connectivity index (χ2n) is 4.48. The second kappa shape index (κ2) is 3.53. The topological polar surface area (TPSA) is 0 Å². The van der Waals surface area contributed by atoms with E-state index in [4.69, 9.17) is 0 Å². The first-order valence-electron chi connectivity index (χ1n) is 5.32. The molecule has 0 aliphatic heterocycles. The van der Waals surface area contributed by atoms with Gasteiger partial charge in [0.2, 0.25) is 0 Å². The summed E-state index contributed by atoms with van der Waals surface area (Å²) in [5.74, 6) is 2.28. The van der Waals surface area contributed by atoms with Gasteiger partial charge >= 0.3 is 0 Å². The largest absolute Gasteiger partial charge is 0.0841 e. The Bertz CT molecular complexity index is 266.